The van der Waals surface area contributed by atoms with Gasteiger partial charge in [-0.15, -0.1) is 0 Å². The number of hydrogen-bond donors (Lipinski definition) is 0. The van der Waals surface area contributed by atoms with Gasteiger partial charge in [0.25, 0.3) is 5.69 Å². The predicted molar refractivity (Wildman–Crippen MR) is 106 cm³/mol. The van der Waals surface area contributed by atoms with Crippen LogP contribution in [0.25, 0.3) is 0 Å². The summed E-state index contributed by atoms with van der Waals surface area (Å²) in [5, 5.41) is 15.4. The fraction of sp³-hybridized carbons (Fsp3) is 0.500. The summed E-state index contributed by atoms with van der Waals surface area (Å²) in [5.74, 6) is 0. The highest BCUT2D eigenvalue weighted by molar-refractivity contribution is 7.90. The molecule has 3 rings (SSSR count). The second-order valence-corrected chi connectivity index (χ2v) is 8.99. The minimum Gasteiger partial charge on any atom is -0.369 e. The number of anilines is 1. The van der Waals surface area contributed by atoms with E-state index in [0.717, 1.165) is 50.5 Å². The highest BCUT2D eigenvalue weighted by Crippen LogP contribution is 2.30. The zero-order valence-corrected chi connectivity index (χ0v) is 16.9. The summed E-state index contributed by atoms with van der Waals surface area (Å²) < 4.78 is 26.3. The molecular weight excluding hydrogens is 382 g/mol. The molecule has 0 spiro atoms. The van der Waals surface area contributed by atoms with Gasteiger partial charge in [-0.2, -0.15) is 5.10 Å². The Balaban J connectivity index is 1.77. The van der Waals surface area contributed by atoms with Gasteiger partial charge >= 0.3 is 0 Å². The van der Waals surface area contributed by atoms with Crippen LogP contribution in [0, 0.1) is 10.1 Å². The van der Waals surface area contributed by atoms with Crippen LogP contribution in [0.2, 0.25) is 0 Å². The van der Waals surface area contributed by atoms with Gasteiger partial charge in [0.15, 0.2) is 9.84 Å². The molecule has 0 N–H and O–H groups in total. The molecule has 1 aromatic heterocycles. The Morgan fingerprint density at radius 2 is 2.00 bits per heavy atom. The van der Waals surface area contributed by atoms with Gasteiger partial charge in [0.05, 0.1) is 21.7 Å². The van der Waals surface area contributed by atoms with Crippen molar-refractivity contribution in [2.24, 2.45) is 0 Å². The summed E-state index contributed by atoms with van der Waals surface area (Å²) in [6.07, 6.45) is 5.89. The topological polar surface area (TPSA) is 102 Å². The van der Waals surface area contributed by atoms with Crippen molar-refractivity contribution in [2.45, 2.75) is 31.3 Å². The maximum absolute atomic E-state index is 12.2. The monoisotopic (exact) mass is 407 g/mol. The summed E-state index contributed by atoms with van der Waals surface area (Å²) in [6.45, 7) is 6.71. The van der Waals surface area contributed by atoms with Crippen LogP contribution < -0.4 is 4.90 Å². The molecule has 2 aromatic rings. The average Bonchev–Trinajstić information content (AvgIpc) is 2.97. The first-order chi connectivity index (χ1) is 13.3. The summed E-state index contributed by atoms with van der Waals surface area (Å²) in [7, 11) is -3.58. The minimum atomic E-state index is -3.58. The molecule has 0 amide bonds. The molecule has 0 unspecified atom stereocenters. The van der Waals surface area contributed by atoms with Crippen molar-refractivity contribution in [2.75, 3.05) is 37.3 Å². The third-order valence-corrected chi connectivity index (χ3v) is 6.03. The second kappa shape index (κ2) is 8.27. The molecule has 10 heteroatoms. The van der Waals surface area contributed by atoms with Crippen LogP contribution in [0.15, 0.2) is 35.5 Å². The number of rotatable bonds is 6. The van der Waals surface area contributed by atoms with Crippen molar-refractivity contribution < 1.29 is 13.3 Å². The zero-order chi connectivity index (χ0) is 20.3. The largest absolute Gasteiger partial charge is 0.369 e. The summed E-state index contributed by atoms with van der Waals surface area (Å²) in [4.78, 5) is 14.8. The molecule has 28 heavy (non-hydrogen) atoms. The molecule has 1 fully saturated rings. The Morgan fingerprint density at radius 1 is 1.21 bits per heavy atom. The highest BCUT2D eigenvalue weighted by Gasteiger charge is 2.24. The molecule has 152 valence electrons. The van der Waals surface area contributed by atoms with Gasteiger partial charge in [-0.1, -0.05) is 0 Å². The van der Waals surface area contributed by atoms with E-state index in [1.54, 1.807) is 6.07 Å². The molecule has 0 bridgehead atoms. The second-order valence-electron chi connectivity index (χ2n) is 7.00. The van der Waals surface area contributed by atoms with Gasteiger partial charge in [0.1, 0.15) is 0 Å². The first-order valence-corrected chi connectivity index (χ1v) is 11.1. The molecular formula is C18H25N5O4S. The summed E-state index contributed by atoms with van der Waals surface area (Å²) >= 11 is 0. The zero-order valence-electron chi connectivity index (χ0n) is 16.1. The Labute approximate surface area is 164 Å². The van der Waals surface area contributed by atoms with Crippen LogP contribution in [-0.2, 0) is 22.9 Å². The lowest BCUT2D eigenvalue weighted by molar-refractivity contribution is -0.385. The van der Waals surface area contributed by atoms with Crippen LogP contribution >= 0.6 is 0 Å². The van der Waals surface area contributed by atoms with E-state index in [4.69, 9.17) is 0 Å². The lowest BCUT2D eigenvalue weighted by Gasteiger charge is -2.25. The molecule has 2 heterocycles. The van der Waals surface area contributed by atoms with E-state index in [1.165, 1.54) is 6.07 Å². The normalized spacial score (nSPS) is 16.1. The maximum atomic E-state index is 12.2. The highest BCUT2D eigenvalue weighted by atomic mass is 32.2. The minimum absolute atomic E-state index is 0.0133. The van der Waals surface area contributed by atoms with E-state index >= 15 is 0 Å². The van der Waals surface area contributed by atoms with E-state index in [2.05, 4.69) is 10.00 Å². The first kappa shape index (κ1) is 20.3. The average molecular weight is 407 g/mol. The van der Waals surface area contributed by atoms with Crippen molar-refractivity contribution >= 4 is 21.2 Å². The molecule has 0 atom stereocenters. The predicted octanol–water partition coefficient (Wildman–Crippen LogP) is 1.93. The number of benzene rings is 1. The van der Waals surface area contributed by atoms with E-state index in [1.807, 2.05) is 28.9 Å². The number of nitro groups is 1. The molecule has 1 aromatic carbocycles. The van der Waals surface area contributed by atoms with Crippen LogP contribution in [0.3, 0.4) is 0 Å². The fourth-order valence-corrected chi connectivity index (χ4v) is 4.38. The lowest BCUT2D eigenvalue weighted by Crippen LogP contribution is -2.31. The number of aryl methyl sites for hydroxylation is 1. The number of non-ortho nitro benzene ring substituents is 1. The van der Waals surface area contributed by atoms with Crippen LogP contribution in [0.1, 0.15) is 18.9 Å². The van der Waals surface area contributed by atoms with Crippen molar-refractivity contribution in [1.29, 1.82) is 0 Å². The fourth-order valence-electron chi connectivity index (χ4n) is 3.46. The van der Waals surface area contributed by atoms with Gasteiger partial charge < -0.3 is 4.90 Å². The summed E-state index contributed by atoms with van der Waals surface area (Å²) in [5.41, 5.74) is 1.48. The third kappa shape index (κ3) is 4.68. The van der Waals surface area contributed by atoms with Gasteiger partial charge in [-0.25, -0.2) is 8.42 Å². The van der Waals surface area contributed by atoms with E-state index in [-0.39, 0.29) is 10.6 Å². The number of nitrogens with zero attached hydrogens (tertiary/aromatic N) is 5. The van der Waals surface area contributed by atoms with Gasteiger partial charge in [-0.05, 0) is 19.4 Å². The van der Waals surface area contributed by atoms with Crippen molar-refractivity contribution in [1.82, 2.24) is 14.7 Å². The van der Waals surface area contributed by atoms with Crippen LogP contribution in [0.5, 0.6) is 0 Å². The van der Waals surface area contributed by atoms with Gasteiger partial charge in [0.2, 0.25) is 0 Å². The molecule has 0 saturated carbocycles. The molecule has 1 aliphatic rings. The maximum Gasteiger partial charge on any atom is 0.270 e. The van der Waals surface area contributed by atoms with E-state index in [9.17, 15) is 18.5 Å². The lowest BCUT2D eigenvalue weighted by atomic mass is 10.2. The summed E-state index contributed by atoms with van der Waals surface area (Å²) in [6, 6.07) is 4.08. The van der Waals surface area contributed by atoms with Crippen molar-refractivity contribution in [3.8, 4) is 0 Å². The molecule has 1 saturated heterocycles. The Morgan fingerprint density at radius 3 is 2.64 bits per heavy atom. The molecule has 1 aliphatic heterocycles. The SMILES string of the molecule is CCn1cc(CN2CCCN(c3ccc([N+](=O)[O-])cc3S(C)(=O)=O)CC2)cn1. The number of sulfone groups is 1. The van der Waals surface area contributed by atoms with Crippen molar-refractivity contribution in [3.05, 3.63) is 46.3 Å². The number of aromatic nitrogens is 2. The quantitative estimate of drug-likeness (QED) is 0.532. The smallest absolute Gasteiger partial charge is 0.270 e. The van der Waals surface area contributed by atoms with Crippen LogP contribution in [-0.4, -0.2) is 60.5 Å². The van der Waals surface area contributed by atoms with E-state index in [0.29, 0.717) is 18.8 Å². The number of hydrogen-bond acceptors (Lipinski definition) is 7. The van der Waals surface area contributed by atoms with Crippen molar-refractivity contribution in [3.63, 3.8) is 0 Å². The Bertz CT molecular complexity index is 957. The molecule has 0 aliphatic carbocycles. The molecule has 9 nitrogen and oxygen atoms in total. The van der Waals surface area contributed by atoms with Crippen LogP contribution in [0.4, 0.5) is 11.4 Å². The molecule has 0 radical (unpaired) electrons. The Kier molecular flexibility index (Phi) is 5.99. The van der Waals surface area contributed by atoms with E-state index < -0.39 is 14.8 Å². The van der Waals surface area contributed by atoms with Gasteiger partial charge in [-0.3, -0.25) is 19.7 Å². The standard InChI is InChI=1S/C18H25N5O4S/c1-3-22-14-15(12-19-22)13-20-7-4-8-21(10-9-20)17-6-5-16(23(24)25)11-18(17)28(2,26)27/h5-6,11-12,14H,3-4,7-10,13H2,1-2H3. The first-order valence-electron chi connectivity index (χ1n) is 9.25. The Hall–Kier alpha value is -2.46. The third-order valence-electron chi connectivity index (χ3n) is 4.90. The number of nitro benzene ring substituents is 1. The van der Waals surface area contributed by atoms with Gasteiger partial charge in [0, 0.05) is 69.4 Å².